The van der Waals surface area contributed by atoms with E-state index in [4.69, 9.17) is 21.1 Å². The molecular weight excluding hydrogens is 350 g/mol. The molecule has 0 aliphatic carbocycles. The van der Waals surface area contributed by atoms with Gasteiger partial charge in [-0.15, -0.1) is 0 Å². The maximum absolute atomic E-state index is 12.2. The quantitative estimate of drug-likeness (QED) is 0.640. The molecule has 8 heteroatoms. The number of ether oxygens (including phenoxy) is 2. The van der Waals surface area contributed by atoms with Crippen LogP contribution in [0.2, 0.25) is 5.02 Å². The third-order valence-electron chi connectivity index (χ3n) is 3.45. The van der Waals surface area contributed by atoms with E-state index in [1.807, 2.05) is 0 Å². The molecule has 2 aromatic rings. The molecule has 128 valence electrons. The summed E-state index contributed by atoms with van der Waals surface area (Å²) < 4.78 is 10.1. The largest absolute Gasteiger partial charge is 0.507 e. The zero-order valence-corrected chi connectivity index (χ0v) is 13.5. The zero-order chi connectivity index (χ0) is 18.0. The van der Waals surface area contributed by atoms with Crippen LogP contribution in [0.3, 0.4) is 0 Å². The first-order valence-corrected chi connectivity index (χ1v) is 7.57. The number of anilines is 1. The molecule has 0 aromatic heterocycles. The average Bonchev–Trinajstić information content (AvgIpc) is 2.60. The Morgan fingerprint density at radius 3 is 2.84 bits per heavy atom. The highest BCUT2D eigenvalue weighted by Gasteiger charge is 2.19. The maximum Gasteiger partial charge on any atom is 0.342 e. The Balaban J connectivity index is 1.68. The molecule has 1 aliphatic rings. The van der Waals surface area contributed by atoms with Crippen LogP contribution in [-0.4, -0.2) is 36.0 Å². The number of carbonyl (C=O) groups is 3. The minimum atomic E-state index is -0.872. The van der Waals surface area contributed by atoms with E-state index < -0.39 is 18.4 Å². The van der Waals surface area contributed by atoms with Crippen molar-refractivity contribution in [1.29, 1.82) is 0 Å². The summed E-state index contributed by atoms with van der Waals surface area (Å²) in [6.07, 6.45) is 0. The smallest absolute Gasteiger partial charge is 0.342 e. The lowest BCUT2D eigenvalue weighted by Crippen LogP contribution is -2.25. The number of fused-ring (bicyclic) bond motifs is 1. The summed E-state index contributed by atoms with van der Waals surface area (Å²) in [5.74, 6) is -1.51. The van der Waals surface area contributed by atoms with Gasteiger partial charge in [0.2, 0.25) is 0 Å². The van der Waals surface area contributed by atoms with Gasteiger partial charge in [-0.3, -0.25) is 9.59 Å². The molecular formula is C17H12ClNO6. The van der Waals surface area contributed by atoms with Gasteiger partial charge < -0.3 is 19.9 Å². The number of hydrogen-bond donors (Lipinski definition) is 2. The number of ketones is 1. The van der Waals surface area contributed by atoms with E-state index in [1.54, 1.807) is 6.07 Å². The van der Waals surface area contributed by atoms with Crippen molar-refractivity contribution in [3.05, 3.63) is 52.5 Å². The van der Waals surface area contributed by atoms with E-state index in [2.05, 4.69) is 5.32 Å². The summed E-state index contributed by atoms with van der Waals surface area (Å²) in [5.41, 5.74) is 0.486. The van der Waals surface area contributed by atoms with Crippen LogP contribution in [0.5, 0.6) is 11.5 Å². The number of esters is 1. The number of amides is 1. The van der Waals surface area contributed by atoms with Crippen LogP contribution in [0.4, 0.5) is 5.69 Å². The van der Waals surface area contributed by atoms with Gasteiger partial charge in [-0.2, -0.15) is 0 Å². The summed E-state index contributed by atoms with van der Waals surface area (Å²) in [7, 11) is 0. The predicted molar refractivity (Wildman–Crippen MR) is 88.3 cm³/mol. The zero-order valence-electron chi connectivity index (χ0n) is 12.7. The van der Waals surface area contributed by atoms with Gasteiger partial charge in [0.05, 0.1) is 5.69 Å². The van der Waals surface area contributed by atoms with Crippen LogP contribution < -0.4 is 10.1 Å². The van der Waals surface area contributed by atoms with Crippen LogP contribution in [-0.2, 0) is 9.53 Å². The summed E-state index contributed by atoms with van der Waals surface area (Å²) in [4.78, 5) is 35.5. The fourth-order valence-corrected chi connectivity index (χ4v) is 2.39. The Morgan fingerprint density at radius 1 is 1.24 bits per heavy atom. The van der Waals surface area contributed by atoms with Crippen molar-refractivity contribution in [2.45, 2.75) is 0 Å². The Hall–Kier alpha value is -3.06. The fraction of sp³-hybridized carbons (Fsp3) is 0.118. The van der Waals surface area contributed by atoms with Crippen molar-refractivity contribution in [1.82, 2.24) is 0 Å². The number of phenolic OH excluding ortho intramolecular Hbond substituents is 1. The average molecular weight is 362 g/mol. The summed E-state index contributed by atoms with van der Waals surface area (Å²) in [6.45, 7) is -0.612. The van der Waals surface area contributed by atoms with Gasteiger partial charge in [-0.25, -0.2) is 4.79 Å². The van der Waals surface area contributed by atoms with Crippen LogP contribution in [0.25, 0.3) is 0 Å². The molecule has 0 spiro atoms. The summed E-state index contributed by atoms with van der Waals surface area (Å²) >= 11 is 5.77. The normalized spacial score (nSPS) is 12.6. The minimum absolute atomic E-state index is 0.0823. The topological polar surface area (TPSA) is 102 Å². The lowest BCUT2D eigenvalue weighted by molar-refractivity contribution is -0.118. The molecule has 0 radical (unpaired) electrons. The highest BCUT2D eigenvalue weighted by atomic mass is 35.5. The Morgan fingerprint density at radius 2 is 2.04 bits per heavy atom. The first-order chi connectivity index (χ1) is 11.9. The van der Waals surface area contributed by atoms with Crippen molar-refractivity contribution in [3.63, 3.8) is 0 Å². The Kier molecular flexibility index (Phi) is 4.58. The van der Waals surface area contributed by atoms with Crippen LogP contribution in [0.1, 0.15) is 20.7 Å². The highest BCUT2D eigenvalue weighted by molar-refractivity contribution is 6.31. The van der Waals surface area contributed by atoms with Gasteiger partial charge in [0, 0.05) is 10.6 Å². The van der Waals surface area contributed by atoms with Gasteiger partial charge >= 0.3 is 5.97 Å². The molecule has 3 rings (SSSR count). The lowest BCUT2D eigenvalue weighted by Gasteiger charge is -2.18. The molecule has 0 fully saturated rings. The van der Waals surface area contributed by atoms with Gasteiger partial charge in [-0.1, -0.05) is 11.6 Å². The molecule has 1 aliphatic heterocycles. The molecule has 25 heavy (non-hydrogen) atoms. The van der Waals surface area contributed by atoms with E-state index in [-0.39, 0.29) is 34.4 Å². The Bertz CT molecular complexity index is 879. The number of aromatic hydroxyl groups is 1. The second-order valence-electron chi connectivity index (χ2n) is 5.21. The van der Waals surface area contributed by atoms with Crippen LogP contribution >= 0.6 is 11.6 Å². The molecule has 0 saturated heterocycles. The van der Waals surface area contributed by atoms with E-state index in [1.165, 1.54) is 30.3 Å². The number of nitrogens with one attached hydrogen (secondary N) is 1. The molecule has 7 nitrogen and oxygen atoms in total. The second kappa shape index (κ2) is 6.82. The second-order valence-corrected chi connectivity index (χ2v) is 5.65. The highest BCUT2D eigenvalue weighted by Crippen LogP contribution is 2.28. The van der Waals surface area contributed by atoms with Crippen LogP contribution in [0.15, 0.2) is 36.4 Å². The summed E-state index contributed by atoms with van der Waals surface area (Å²) in [6, 6.07) is 8.42. The van der Waals surface area contributed by atoms with E-state index in [0.717, 1.165) is 0 Å². The number of phenols is 1. The number of Topliss-reactive ketones (excluding diaryl/α,β-unsaturated/α-hetero) is 1. The monoisotopic (exact) mass is 361 g/mol. The van der Waals surface area contributed by atoms with Gasteiger partial charge in [0.25, 0.3) is 5.91 Å². The Labute approximate surface area is 147 Å². The maximum atomic E-state index is 12.2. The third-order valence-corrected chi connectivity index (χ3v) is 3.68. The predicted octanol–water partition coefficient (Wildman–Crippen LogP) is 2.42. The molecule has 1 amide bonds. The van der Waals surface area contributed by atoms with Crippen molar-refractivity contribution in [2.24, 2.45) is 0 Å². The standard InChI is InChI=1S/C17H12ClNO6/c18-10-2-3-13(20)11(6-10)17(23)25-7-14(21)9-1-4-15-12(5-9)19-16(22)8-24-15/h1-6,20H,7-8H2,(H,19,22). The van der Waals surface area contributed by atoms with E-state index in [0.29, 0.717) is 11.4 Å². The first kappa shape index (κ1) is 16.8. The van der Waals surface area contributed by atoms with E-state index in [9.17, 15) is 19.5 Å². The SMILES string of the molecule is O=C1COc2ccc(C(=O)COC(=O)c3cc(Cl)ccc3O)cc2N1. The first-order valence-electron chi connectivity index (χ1n) is 7.19. The van der Waals surface area contributed by atoms with Crippen molar-refractivity contribution in [3.8, 4) is 11.5 Å². The molecule has 0 unspecified atom stereocenters. The molecule has 1 heterocycles. The number of benzene rings is 2. The molecule has 0 atom stereocenters. The van der Waals surface area contributed by atoms with Crippen LogP contribution in [0, 0.1) is 0 Å². The lowest BCUT2D eigenvalue weighted by atomic mass is 10.1. The molecule has 2 aromatic carbocycles. The fourth-order valence-electron chi connectivity index (χ4n) is 2.22. The van der Waals surface area contributed by atoms with Gasteiger partial charge in [0.1, 0.15) is 17.1 Å². The number of hydrogen-bond acceptors (Lipinski definition) is 6. The molecule has 2 N–H and O–H groups in total. The number of carbonyl (C=O) groups excluding carboxylic acids is 3. The van der Waals surface area contributed by atoms with Crippen molar-refractivity contribution < 1.29 is 29.0 Å². The van der Waals surface area contributed by atoms with Gasteiger partial charge in [-0.05, 0) is 36.4 Å². The van der Waals surface area contributed by atoms with Crippen molar-refractivity contribution in [2.75, 3.05) is 18.5 Å². The molecule has 0 saturated carbocycles. The van der Waals surface area contributed by atoms with E-state index >= 15 is 0 Å². The van der Waals surface area contributed by atoms with Gasteiger partial charge in [0.15, 0.2) is 19.0 Å². The number of rotatable bonds is 4. The van der Waals surface area contributed by atoms with Crippen molar-refractivity contribution >= 4 is 34.9 Å². The summed E-state index contributed by atoms with van der Waals surface area (Å²) in [5, 5.41) is 12.5. The molecule has 0 bridgehead atoms. The minimum Gasteiger partial charge on any atom is -0.507 e. The third kappa shape index (κ3) is 3.72. The number of halogens is 1.